The fraction of sp³-hybridized carbons (Fsp3) is 0.371. The molecule has 2 bridgehead atoms. The number of carbonyl (C=O) groups is 5. The monoisotopic (exact) mass is 672 g/mol. The summed E-state index contributed by atoms with van der Waals surface area (Å²) in [5, 5.41) is 20.6. The maximum atomic E-state index is 14.3. The zero-order valence-electron chi connectivity index (χ0n) is 27.1. The number of aromatic nitrogens is 1. The average Bonchev–Trinajstić information content (AvgIpc) is 3.12. The Hall–Kier alpha value is -5.50. The summed E-state index contributed by atoms with van der Waals surface area (Å²) in [5.41, 5.74) is -0.465. The number of nitrogens with zero attached hydrogens (tertiary/aromatic N) is 2. The van der Waals surface area contributed by atoms with Gasteiger partial charge in [0.05, 0.1) is 13.2 Å². The quantitative estimate of drug-likeness (QED) is 0.244. The van der Waals surface area contributed by atoms with Gasteiger partial charge in [0.25, 0.3) is 11.8 Å². The smallest absolute Gasteiger partial charge is 0.272 e. The molecular formula is C35H40N6O8. The molecule has 258 valence electrons. The van der Waals surface area contributed by atoms with Gasteiger partial charge in [-0.05, 0) is 48.9 Å². The zero-order chi connectivity index (χ0) is 34.8. The summed E-state index contributed by atoms with van der Waals surface area (Å²) in [5.74, 6) is -1.98. The van der Waals surface area contributed by atoms with Crippen molar-refractivity contribution >= 4 is 29.5 Å². The molecular weight excluding hydrogens is 632 g/mol. The van der Waals surface area contributed by atoms with Crippen LogP contribution in [0.5, 0.6) is 11.5 Å². The van der Waals surface area contributed by atoms with Crippen LogP contribution < -0.4 is 30.7 Å². The lowest BCUT2D eigenvalue weighted by molar-refractivity contribution is -0.144. The predicted molar refractivity (Wildman–Crippen MR) is 176 cm³/mol. The minimum Gasteiger partial charge on any atom is -0.492 e. The van der Waals surface area contributed by atoms with E-state index in [1.165, 1.54) is 13.1 Å². The summed E-state index contributed by atoms with van der Waals surface area (Å²) in [6, 6.07) is 17.2. The number of hydrogen-bond acceptors (Lipinski definition) is 9. The van der Waals surface area contributed by atoms with Gasteiger partial charge in [0.15, 0.2) is 5.60 Å². The molecule has 0 saturated carbocycles. The largest absolute Gasteiger partial charge is 0.492 e. The van der Waals surface area contributed by atoms with Crippen LogP contribution in [0.25, 0.3) is 0 Å². The van der Waals surface area contributed by atoms with Crippen molar-refractivity contribution in [3.05, 3.63) is 90.3 Å². The molecule has 14 nitrogen and oxygen atoms in total. The van der Waals surface area contributed by atoms with E-state index in [1.54, 1.807) is 71.6 Å². The van der Waals surface area contributed by atoms with Crippen LogP contribution in [0.1, 0.15) is 35.8 Å². The number of aliphatic hydroxyl groups is 1. The number of carbonyl (C=O) groups excluding carboxylic acids is 5. The highest BCUT2D eigenvalue weighted by Gasteiger charge is 2.46. The molecule has 4 heterocycles. The first kappa shape index (κ1) is 34.8. The zero-order valence-corrected chi connectivity index (χ0v) is 27.1. The molecule has 3 aliphatic rings. The van der Waals surface area contributed by atoms with Crippen LogP contribution in [0.4, 0.5) is 0 Å². The van der Waals surface area contributed by atoms with E-state index in [-0.39, 0.29) is 57.1 Å². The Morgan fingerprint density at radius 3 is 2.20 bits per heavy atom. The summed E-state index contributed by atoms with van der Waals surface area (Å²) >= 11 is 0. The Morgan fingerprint density at radius 1 is 0.857 bits per heavy atom. The van der Waals surface area contributed by atoms with Gasteiger partial charge < -0.3 is 40.7 Å². The summed E-state index contributed by atoms with van der Waals surface area (Å²) in [7, 11) is 0. The maximum absolute atomic E-state index is 14.3. The van der Waals surface area contributed by atoms with Gasteiger partial charge in [-0.15, -0.1) is 0 Å². The van der Waals surface area contributed by atoms with E-state index in [1.807, 2.05) is 6.07 Å². The number of pyridine rings is 1. The van der Waals surface area contributed by atoms with Gasteiger partial charge in [-0.25, -0.2) is 0 Å². The van der Waals surface area contributed by atoms with E-state index in [0.29, 0.717) is 11.5 Å². The van der Waals surface area contributed by atoms with Crippen molar-refractivity contribution < 1.29 is 38.6 Å². The number of aliphatic hydroxyl groups excluding tert-OH is 1. The Bertz CT molecular complexity index is 1610. The molecule has 3 aromatic rings. The van der Waals surface area contributed by atoms with Crippen LogP contribution in [0.2, 0.25) is 0 Å². The van der Waals surface area contributed by atoms with Crippen molar-refractivity contribution in [2.24, 2.45) is 0 Å². The first-order valence-corrected chi connectivity index (χ1v) is 16.1. The SMILES string of the molecule is C[C@@H]1NC(=O)[C@H](CO)NC(=O)[C@@H](Cc2ccccc2)NC(=O)C2(CCN(C(=O)c3ccccn3)CC2)Oc2ccc(cc2)OCCNC1=O. The van der Waals surface area contributed by atoms with Crippen molar-refractivity contribution in [2.45, 2.75) is 49.9 Å². The average molecular weight is 673 g/mol. The molecule has 1 spiro atoms. The number of likely N-dealkylation sites (tertiary alicyclic amines) is 1. The molecule has 0 aliphatic carbocycles. The highest BCUT2D eigenvalue weighted by Crippen LogP contribution is 2.31. The van der Waals surface area contributed by atoms with Crippen LogP contribution in [-0.2, 0) is 25.6 Å². The minimum absolute atomic E-state index is 0.0589. The number of nitrogens with one attached hydrogen (secondary N) is 4. The molecule has 3 aliphatic heterocycles. The molecule has 5 amide bonds. The topological polar surface area (TPSA) is 188 Å². The number of fused-ring (bicyclic) bond motifs is 15. The molecule has 49 heavy (non-hydrogen) atoms. The van der Waals surface area contributed by atoms with E-state index in [9.17, 15) is 29.1 Å². The molecule has 5 N–H and O–H groups in total. The predicted octanol–water partition coefficient (Wildman–Crippen LogP) is 0.353. The van der Waals surface area contributed by atoms with E-state index in [0.717, 1.165) is 5.56 Å². The lowest BCUT2D eigenvalue weighted by atomic mass is 9.89. The number of benzene rings is 2. The van der Waals surface area contributed by atoms with Gasteiger partial charge in [0, 0.05) is 38.5 Å². The van der Waals surface area contributed by atoms with Crippen molar-refractivity contribution in [1.29, 1.82) is 0 Å². The fourth-order valence-corrected chi connectivity index (χ4v) is 5.62. The van der Waals surface area contributed by atoms with Gasteiger partial charge in [0.1, 0.15) is 41.9 Å². The molecule has 3 atom stereocenters. The van der Waals surface area contributed by atoms with Gasteiger partial charge in [-0.2, -0.15) is 0 Å². The van der Waals surface area contributed by atoms with E-state index >= 15 is 0 Å². The highest BCUT2D eigenvalue weighted by atomic mass is 16.5. The Labute approximate surface area is 283 Å². The standard InChI is InChI=1S/C35H40N6O8/c1-23-30(43)37-17-20-48-25-10-12-26(13-11-25)49-35(14-18-41(19-15-35)33(46)27-9-5-6-16-36-27)34(47)40-28(21-24-7-3-2-4-8-24)31(44)39-29(22-42)32(45)38-23/h2-13,16,23,28-29,42H,14-15,17-22H2,1H3,(H,37,43)(H,38,45)(H,39,44)(H,40,47)/t23-,28+,29-/m0/s1. The van der Waals surface area contributed by atoms with Crippen molar-refractivity contribution in [1.82, 2.24) is 31.2 Å². The van der Waals surface area contributed by atoms with Crippen molar-refractivity contribution in [2.75, 3.05) is 32.8 Å². The third-order valence-corrected chi connectivity index (χ3v) is 8.44. The van der Waals surface area contributed by atoms with E-state index < -0.39 is 54.0 Å². The number of amides is 5. The van der Waals surface area contributed by atoms with Crippen LogP contribution in [0.15, 0.2) is 79.0 Å². The van der Waals surface area contributed by atoms with Crippen LogP contribution in [0, 0.1) is 0 Å². The molecule has 0 unspecified atom stereocenters. The normalized spacial score (nSPS) is 22.1. The van der Waals surface area contributed by atoms with Gasteiger partial charge in [0.2, 0.25) is 17.7 Å². The number of piperidine rings is 1. The summed E-state index contributed by atoms with van der Waals surface area (Å²) in [6.07, 6.45) is 1.81. The lowest BCUT2D eigenvalue weighted by Gasteiger charge is -2.41. The second kappa shape index (κ2) is 16.1. The maximum Gasteiger partial charge on any atom is 0.272 e. The highest BCUT2D eigenvalue weighted by molar-refractivity contribution is 5.96. The van der Waals surface area contributed by atoms with Crippen molar-refractivity contribution in [3.63, 3.8) is 0 Å². The summed E-state index contributed by atoms with van der Waals surface area (Å²) in [6.45, 7) is 1.36. The number of ether oxygens (including phenoxy) is 2. The third kappa shape index (κ3) is 8.90. The first-order valence-electron chi connectivity index (χ1n) is 16.1. The van der Waals surface area contributed by atoms with E-state index in [4.69, 9.17) is 9.47 Å². The first-order chi connectivity index (χ1) is 23.7. The number of rotatable bonds is 4. The minimum atomic E-state index is -1.48. The van der Waals surface area contributed by atoms with Gasteiger partial charge >= 0.3 is 0 Å². The van der Waals surface area contributed by atoms with Crippen molar-refractivity contribution in [3.8, 4) is 11.5 Å². The molecule has 0 radical (unpaired) electrons. The van der Waals surface area contributed by atoms with Gasteiger partial charge in [-0.1, -0.05) is 36.4 Å². The summed E-state index contributed by atoms with van der Waals surface area (Å²) < 4.78 is 12.2. The molecule has 14 heteroatoms. The molecule has 6 rings (SSSR count). The Balaban J connectivity index is 1.45. The second-order valence-corrected chi connectivity index (χ2v) is 11.9. The van der Waals surface area contributed by atoms with Gasteiger partial charge in [-0.3, -0.25) is 29.0 Å². The third-order valence-electron chi connectivity index (χ3n) is 8.44. The fourth-order valence-electron chi connectivity index (χ4n) is 5.62. The molecule has 2 aromatic carbocycles. The Morgan fingerprint density at radius 2 is 1.53 bits per heavy atom. The Kier molecular flexibility index (Phi) is 11.4. The molecule has 1 saturated heterocycles. The van der Waals surface area contributed by atoms with Crippen LogP contribution >= 0.6 is 0 Å². The van der Waals surface area contributed by atoms with Crippen LogP contribution in [0.3, 0.4) is 0 Å². The summed E-state index contributed by atoms with van der Waals surface area (Å²) in [4.78, 5) is 72.6. The molecule has 1 aromatic heterocycles. The molecule has 1 fully saturated rings. The van der Waals surface area contributed by atoms with E-state index in [2.05, 4.69) is 26.3 Å². The van der Waals surface area contributed by atoms with Crippen LogP contribution in [-0.4, -0.2) is 101 Å². The lowest BCUT2D eigenvalue weighted by Crippen LogP contribution is -2.62. The second-order valence-electron chi connectivity index (χ2n) is 11.9. The number of hydrogen-bond donors (Lipinski definition) is 5.